The van der Waals surface area contributed by atoms with Crippen LogP contribution < -0.4 is 10.6 Å². The molecule has 6 heteroatoms. The van der Waals surface area contributed by atoms with Gasteiger partial charge in [0.15, 0.2) is 11.6 Å². The number of amides is 1. The van der Waals surface area contributed by atoms with Gasteiger partial charge < -0.3 is 10.6 Å². The number of rotatable bonds is 5. The molecule has 1 heterocycles. The molecule has 2 N–H and O–H groups in total. The van der Waals surface area contributed by atoms with Crippen molar-refractivity contribution in [2.45, 2.75) is 13.8 Å². The van der Waals surface area contributed by atoms with E-state index >= 15 is 0 Å². The van der Waals surface area contributed by atoms with Crippen LogP contribution in [0.1, 0.15) is 13.8 Å². The zero-order valence-electron chi connectivity index (χ0n) is 9.76. The number of hydrogen-bond donors (Lipinski definition) is 2. The minimum atomic E-state index is -0.490. The molecular weight excluding hydrogens is 289 g/mol. The molecular formula is C11H15BrFN3O. The summed E-state index contributed by atoms with van der Waals surface area (Å²) in [5, 5.41) is 5.37. The number of carbonyl (C=O) groups is 1. The first-order valence-corrected chi connectivity index (χ1v) is 6.10. The molecule has 1 rings (SSSR count). The van der Waals surface area contributed by atoms with Crippen molar-refractivity contribution in [3.05, 3.63) is 22.6 Å². The molecule has 0 aromatic carbocycles. The summed E-state index contributed by atoms with van der Waals surface area (Å²) in [6.45, 7) is 4.63. The van der Waals surface area contributed by atoms with Gasteiger partial charge in [-0.15, -0.1) is 0 Å². The summed E-state index contributed by atoms with van der Waals surface area (Å²) in [7, 11) is 0. The fourth-order valence-corrected chi connectivity index (χ4v) is 1.39. The number of anilines is 1. The maximum atomic E-state index is 13.3. The third kappa shape index (κ3) is 5.12. The predicted octanol–water partition coefficient (Wildman–Crippen LogP) is 2.17. The number of nitrogens with one attached hydrogen (secondary N) is 2. The van der Waals surface area contributed by atoms with E-state index in [2.05, 4.69) is 31.5 Å². The van der Waals surface area contributed by atoms with Gasteiger partial charge in [-0.2, -0.15) is 0 Å². The van der Waals surface area contributed by atoms with E-state index in [1.165, 1.54) is 12.3 Å². The summed E-state index contributed by atoms with van der Waals surface area (Å²) >= 11 is 3.11. The molecule has 1 amide bonds. The van der Waals surface area contributed by atoms with Crippen LogP contribution in [0.15, 0.2) is 16.7 Å². The fraction of sp³-hybridized carbons (Fsp3) is 0.455. The van der Waals surface area contributed by atoms with E-state index in [0.29, 0.717) is 16.9 Å². The molecule has 4 nitrogen and oxygen atoms in total. The van der Waals surface area contributed by atoms with Gasteiger partial charge in [-0.05, 0) is 27.9 Å². The Hall–Kier alpha value is -1.17. The second-order valence-corrected chi connectivity index (χ2v) is 4.95. The molecule has 94 valence electrons. The van der Waals surface area contributed by atoms with Crippen LogP contribution in [0, 0.1) is 11.7 Å². The highest BCUT2D eigenvalue weighted by atomic mass is 79.9. The number of aromatic nitrogens is 1. The predicted molar refractivity (Wildman–Crippen MR) is 68.2 cm³/mol. The monoisotopic (exact) mass is 303 g/mol. The third-order valence-corrected chi connectivity index (χ3v) is 2.37. The Labute approximate surface area is 108 Å². The molecule has 17 heavy (non-hydrogen) atoms. The first-order chi connectivity index (χ1) is 7.99. The van der Waals surface area contributed by atoms with Crippen LogP contribution in [0.2, 0.25) is 0 Å². The molecule has 1 aromatic rings. The van der Waals surface area contributed by atoms with Crippen molar-refractivity contribution in [1.29, 1.82) is 0 Å². The van der Waals surface area contributed by atoms with Gasteiger partial charge in [-0.1, -0.05) is 13.8 Å². The Balaban J connectivity index is 2.42. The van der Waals surface area contributed by atoms with E-state index in [1.807, 2.05) is 13.8 Å². The van der Waals surface area contributed by atoms with Crippen molar-refractivity contribution in [3.8, 4) is 0 Å². The number of halogens is 2. The van der Waals surface area contributed by atoms with E-state index in [9.17, 15) is 9.18 Å². The van der Waals surface area contributed by atoms with Gasteiger partial charge in [0.25, 0.3) is 0 Å². The van der Waals surface area contributed by atoms with Gasteiger partial charge in [0.1, 0.15) is 0 Å². The van der Waals surface area contributed by atoms with Crippen LogP contribution in [0.3, 0.4) is 0 Å². The number of pyridine rings is 1. The van der Waals surface area contributed by atoms with Gasteiger partial charge in [-0.3, -0.25) is 4.79 Å². The highest BCUT2D eigenvalue weighted by molar-refractivity contribution is 9.10. The van der Waals surface area contributed by atoms with Crippen molar-refractivity contribution < 1.29 is 9.18 Å². The smallest absolute Gasteiger partial charge is 0.239 e. The minimum Gasteiger partial charge on any atom is -0.359 e. The zero-order chi connectivity index (χ0) is 12.8. The van der Waals surface area contributed by atoms with Gasteiger partial charge in [0, 0.05) is 17.2 Å². The lowest BCUT2D eigenvalue weighted by Gasteiger charge is -2.09. The second kappa shape index (κ2) is 6.54. The lowest BCUT2D eigenvalue weighted by Crippen LogP contribution is -2.32. The van der Waals surface area contributed by atoms with Crippen LogP contribution >= 0.6 is 15.9 Å². The molecule has 0 unspecified atom stereocenters. The van der Waals surface area contributed by atoms with Gasteiger partial charge in [0.2, 0.25) is 5.91 Å². The normalized spacial score (nSPS) is 10.4. The average Bonchev–Trinajstić information content (AvgIpc) is 2.25. The molecule has 0 aliphatic carbocycles. The Bertz CT molecular complexity index is 398. The van der Waals surface area contributed by atoms with E-state index in [1.54, 1.807) is 0 Å². The van der Waals surface area contributed by atoms with E-state index in [0.717, 1.165) is 0 Å². The number of hydrogen-bond acceptors (Lipinski definition) is 3. The lowest BCUT2D eigenvalue weighted by atomic mass is 10.2. The molecule has 1 aromatic heterocycles. The summed E-state index contributed by atoms with van der Waals surface area (Å²) < 4.78 is 13.9. The Morgan fingerprint density at radius 1 is 1.59 bits per heavy atom. The van der Waals surface area contributed by atoms with Gasteiger partial charge in [-0.25, -0.2) is 9.37 Å². The molecule has 0 aliphatic heterocycles. The van der Waals surface area contributed by atoms with E-state index in [-0.39, 0.29) is 18.3 Å². The van der Waals surface area contributed by atoms with Gasteiger partial charge in [0.05, 0.1) is 6.54 Å². The standard InChI is InChI=1S/C11H15BrFN3O/c1-7(2)4-14-10(17)6-16-11-9(13)3-8(12)5-15-11/h3,5,7H,4,6H2,1-2H3,(H,14,17)(H,15,16). The zero-order valence-corrected chi connectivity index (χ0v) is 11.3. The minimum absolute atomic E-state index is 0.0122. The average molecular weight is 304 g/mol. The highest BCUT2D eigenvalue weighted by Gasteiger charge is 2.06. The SMILES string of the molecule is CC(C)CNC(=O)CNc1ncc(Br)cc1F. The number of carbonyl (C=O) groups excluding carboxylic acids is 1. The molecule has 0 saturated heterocycles. The number of nitrogens with zero attached hydrogens (tertiary/aromatic N) is 1. The van der Waals surface area contributed by atoms with Crippen LogP contribution in [-0.2, 0) is 4.79 Å². The first kappa shape index (κ1) is 13.9. The van der Waals surface area contributed by atoms with E-state index in [4.69, 9.17) is 0 Å². The summed E-state index contributed by atoms with van der Waals surface area (Å²) in [4.78, 5) is 15.2. The third-order valence-electron chi connectivity index (χ3n) is 1.93. The first-order valence-electron chi connectivity index (χ1n) is 5.30. The molecule has 0 saturated carbocycles. The molecule has 0 radical (unpaired) electrons. The van der Waals surface area contributed by atoms with Crippen molar-refractivity contribution in [2.75, 3.05) is 18.4 Å². The summed E-state index contributed by atoms with van der Waals surface area (Å²) in [5.41, 5.74) is 0. The summed E-state index contributed by atoms with van der Waals surface area (Å²) in [6.07, 6.45) is 1.47. The van der Waals surface area contributed by atoms with Crippen molar-refractivity contribution >= 4 is 27.7 Å². The van der Waals surface area contributed by atoms with Gasteiger partial charge >= 0.3 is 0 Å². The maximum Gasteiger partial charge on any atom is 0.239 e. The van der Waals surface area contributed by atoms with Crippen molar-refractivity contribution in [3.63, 3.8) is 0 Å². The lowest BCUT2D eigenvalue weighted by molar-refractivity contribution is -0.119. The Morgan fingerprint density at radius 2 is 2.29 bits per heavy atom. The quantitative estimate of drug-likeness (QED) is 0.876. The molecule has 0 aliphatic rings. The Kier molecular flexibility index (Phi) is 5.34. The molecule has 0 fully saturated rings. The van der Waals surface area contributed by atoms with Crippen LogP contribution in [0.25, 0.3) is 0 Å². The highest BCUT2D eigenvalue weighted by Crippen LogP contribution is 2.15. The Morgan fingerprint density at radius 3 is 2.88 bits per heavy atom. The van der Waals surface area contributed by atoms with E-state index < -0.39 is 5.82 Å². The summed E-state index contributed by atoms with van der Waals surface area (Å²) in [5.74, 6) is -0.201. The van der Waals surface area contributed by atoms with Crippen LogP contribution in [0.4, 0.5) is 10.2 Å². The molecule has 0 atom stereocenters. The van der Waals surface area contributed by atoms with Crippen molar-refractivity contribution in [1.82, 2.24) is 10.3 Å². The summed E-state index contributed by atoms with van der Waals surface area (Å²) in [6, 6.07) is 1.29. The van der Waals surface area contributed by atoms with Crippen molar-refractivity contribution in [2.24, 2.45) is 5.92 Å². The fourth-order valence-electron chi connectivity index (χ4n) is 1.09. The van der Waals surface area contributed by atoms with Crippen LogP contribution in [-0.4, -0.2) is 24.0 Å². The maximum absolute atomic E-state index is 13.3. The molecule has 0 bridgehead atoms. The topological polar surface area (TPSA) is 54.0 Å². The largest absolute Gasteiger partial charge is 0.359 e. The van der Waals surface area contributed by atoms with Crippen LogP contribution in [0.5, 0.6) is 0 Å². The molecule has 0 spiro atoms. The second-order valence-electron chi connectivity index (χ2n) is 4.04.